The van der Waals surface area contributed by atoms with Gasteiger partial charge in [0.15, 0.2) is 0 Å². The maximum atomic E-state index is 13.0. The lowest BCUT2D eigenvalue weighted by Crippen LogP contribution is -2.25. The first-order valence-electron chi connectivity index (χ1n) is 5.94. The Morgan fingerprint density at radius 3 is 2.60 bits per heavy atom. The van der Waals surface area contributed by atoms with Crippen molar-refractivity contribution in [2.45, 2.75) is 25.4 Å². The largest absolute Gasteiger partial charge is 0.419 e. The lowest BCUT2D eigenvalue weighted by atomic mass is 10.1. The SMILES string of the molecule is C#CCCCCNC(=O)c1ccc(F)c(C(F)(F)F)c1. The fraction of sp³-hybridized carbons (Fsp3) is 0.357. The van der Waals surface area contributed by atoms with Gasteiger partial charge in [-0.15, -0.1) is 12.3 Å². The van der Waals surface area contributed by atoms with Gasteiger partial charge in [0.1, 0.15) is 5.82 Å². The van der Waals surface area contributed by atoms with Crippen molar-refractivity contribution >= 4 is 5.91 Å². The number of carbonyl (C=O) groups is 1. The van der Waals surface area contributed by atoms with Crippen molar-refractivity contribution in [1.29, 1.82) is 0 Å². The van der Waals surface area contributed by atoms with Gasteiger partial charge in [0.05, 0.1) is 5.56 Å². The highest BCUT2D eigenvalue weighted by Crippen LogP contribution is 2.31. The van der Waals surface area contributed by atoms with Crippen LogP contribution in [0, 0.1) is 18.2 Å². The van der Waals surface area contributed by atoms with Gasteiger partial charge in [0.2, 0.25) is 0 Å². The normalized spacial score (nSPS) is 10.9. The maximum Gasteiger partial charge on any atom is 0.419 e. The highest BCUT2D eigenvalue weighted by molar-refractivity contribution is 5.94. The van der Waals surface area contributed by atoms with Crippen LogP contribution >= 0.6 is 0 Å². The Kier molecular flexibility index (Phi) is 5.56. The van der Waals surface area contributed by atoms with Gasteiger partial charge >= 0.3 is 6.18 Å². The number of halogens is 4. The third kappa shape index (κ3) is 4.57. The number of terminal acetylenes is 1. The third-order valence-electron chi connectivity index (χ3n) is 2.57. The molecule has 1 amide bonds. The summed E-state index contributed by atoms with van der Waals surface area (Å²) < 4.78 is 50.5. The first-order valence-corrected chi connectivity index (χ1v) is 5.94. The van der Waals surface area contributed by atoms with E-state index in [0.29, 0.717) is 37.9 Å². The number of amides is 1. The van der Waals surface area contributed by atoms with Crippen molar-refractivity contribution in [2.24, 2.45) is 0 Å². The van der Waals surface area contributed by atoms with Crippen LogP contribution in [0.3, 0.4) is 0 Å². The van der Waals surface area contributed by atoms with Crippen LogP contribution in [-0.2, 0) is 6.18 Å². The summed E-state index contributed by atoms with van der Waals surface area (Å²) in [5, 5.41) is 2.46. The molecule has 0 aliphatic carbocycles. The van der Waals surface area contributed by atoms with Crippen molar-refractivity contribution in [3.8, 4) is 12.3 Å². The minimum atomic E-state index is -4.83. The molecule has 1 aromatic carbocycles. The van der Waals surface area contributed by atoms with Crippen LogP contribution in [0.5, 0.6) is 0 Å². The summed E-state index contributed by atoms with van der Waals surface area (Å²) in [6.45, 7) is 0.305. The Balaban J connectivity index is 2.68. The smallest absolute Gasteiger partial charge is 0.352 e. The number of hydrogen-bond donors (Lipinski definition) is 1. The monoisotopic (exact) mass is 287 g/mol. The molecular formula is C14H13F4NO. The second kappa shape index (κ2) is 6.94. The number of rotatable bonds is 5. The summed E-state index contributed by atoms with van der Waals surface area (Å²) in [7, 11) is 0. The first-order chi connectivity index (χ1) is 9.36. The van der Waals surface area contributed by atoms with E-state index in [4.69, 9.17) is 6.42 Å². The van der Waals surface area contributed by atoms with Crippen LogP contribution in [0.25, 0.3) is 0 Å². The molecular weight excluding hydrogens is 274 g/mol. The summed E-state index contributed by atoms with van der Waals surface area (Å²) in [6.07, 6.45) is 2.15. The molecule has 20 heavy (non-hydrogen) atoms. The molecule has 0 aliphatic rings. The van der Waals surface area contributed by atoms with Crippen LogP contribution in [0.4, 0.5) is 17.6 Å². The van der Waals surface area contributed by atoms with Crippen molar-refractivity contribution in [3.63, 3.8) is 0 Å². The second-order valence-corrected chi connectivity index (χ2v) is 4.11. The predicted molar refractivity (Wildman–Crippen MR) is 66.4 cm³/mol. The van der Waals surface area contributed by atoms with Gasteiger partial charge < -0.3 is 5.32 Å². The Morgan fingerprint density at radius 1 is 1.30 bits per heavy atom. The van der Waals surface area contributed by atoms with Gasteiger partial charge in [-0.3, -0.25) is 4.79 Å². The van der Waals surface area contributed by atoms with Crippen molar-refractivity contribution in [1.82, 2.24) is 5.32 Å². The number of unbranched alkanes of at least 4 members (excludes halogenated alkanes) is 2. The van der Waals surface area contributed by atoms with Gasteiger partial charge in [-0.05, 0) is 31.0 Å². The van der Waals surface area contributed by atoms with Crippen LogP contribution in [0.15, 0.2) is 18.2 Å². The molecule has 1 rings (SSSR count). The molecule has 0 saturated heterocycles. The summed E-state index contributed by atoms with van der Waals surface area (Å²) in [5.74, 6) is 0.368. The average Bonchev–Trinajstić information content (AvgIpc) is 2.37. The topological polar surface area (TPSA) is 29.1 Å². The van der Waals surface area contributed by atoms with E-state index in [1.165, 1.54) is 0 Å². The summed E-state index contributed by atoms with van der Waals surface area (Å²) in [6, 6.07) is 2.16. The average molecular weight is 287 g/mol. The molecule has 6 heteroatoms. The van der Waals surface area contributed by atoms with E-state index in [1.54, 1.807) is 0 Å². The predicted octanol–water partition coefficient (Wildman–Crippen LogP) is 3.38. The van der Waals surface area contributed by atoms with Crippen LogP contribution in [-0.4, -0.2) is 12.5 Å². The van der Waals surface area contributed by atoms with Crippen LogP contribution in [0.1, 0.15) is 35.2 Å². The number of alkyl halides is 3. The van der Waals surface area contributed by atoms with Crippen LogP contribution in [0.2, 0.25) is 0 Å². The molecule has 0 fully saturated rings. The molecule has 1 N–H and O–H groups in total. The van der Waals surface area contributed by atoms with E-state index >= 15 is 0 Å². The lowest BCUT2D eigenvalue weighted by Gasteiger charge is -2.10. The van der Waals surface area contributed by atoms with Gasteiger partial charge in [0, 0.05) is 18.5 Å². The molecule has 1 aromatic rings. The third-order valence-corrected chi connectivity index (χ3v) is 2.57. The summed E-state index contributed by atoms with van der Waals surface area (Å²) in [5.41, 5.74) is -1.67. The Morgan fingerprint density at radius 2 is 2.00 bits per heavy atom. The molecule has 0 aliphatic heterocycles. The zero-order chi connectivity index (χ0) is 15.2. The second-order valence-electron chi connectivity index (χ2n) is 4.11. The van der Waals surface area contributed by atoms with Gasteiger partial charge in [-0.1, -0.05) is 0 Å². The molecule has 2 nitrogen and oxygen atoms in total. The molecule has 0 atom stereocenters. The number of carbonyl (C=O) groups excluding carboxylic acids is 1. The Bertz CT molecular complexity index is 517. The first kappa shape index (κ1) is 16.0. The molecule has 0 saturated carbocycles. The molecule has 0 aromatic heterocycles. The maximum absolute atomic E-state index is 13.0. The van der Waals surface area contributed by atoms with E-state index in [9.17, 15) is 22.4 Å². The van der Waals surface area contributed by atoms with E-state index in [2.05, 4.69) is 11.2 Å². The highest BCUT2D eigenvalue weighted by Gasteiger charge is 2.34. The summed E-state index contributed by atoms with van der Waals surface area (Å²) in [4.78, 5) is 11.6. The number of benzene rings is 1. The quantitative estimate of drug-likeness (QED) is 0.502. The molecule has 0 heterocycles. The number of hydrogen-bond acceptors (Lipinski definition) is 1. The Labute approximate surface area is 114 Å². The fourth-order valence-electron chi connectivity index (χ4n) is 1.54. The van der Waals surface area contributed by atoms with Gasteiger partial charge in [-0.2, -0.15) is 13.2 Å². The molecule has 0 spiro atoms. The lowest BCUT2D eigenvalue weighted by molar-refractivity contribution is -0.140. The van der Waals surface area contributed by atoms with E-state index in [1.807, 2.05) is 0 Å². The zero-order valence-electron chi connectivity index (χ0n) is 10.6. The van der Waals surface area contributed by atoms with E-state index in [-0.39, 0.29) is 5.56 Å². The summed E-state index contributed by atoms with van der Waals surface area (Å²) >= 11 is 0. The van der Waals surface area contributed by atoms with Crippen molar-refractivity contribution in [2.75, 3.05) is 6.54 Å². The highest BCUT2D eigenvalue weighted by atomic mass is 19.4. The van der Waals surface area contributed by atoms with Crippen LogP contribution < -0.4 is 5.32 Å². The molecule has 0 radical (unpaired) electrons. The Hall–Kier alpha value is -2.03. The minimum Gasteiger partial charge on any atom is -0.352 e. The standard InChI is InChI=1S/C14H13F4NO/c1-2-3-4-5-8-19-13(20)10-6-7-12(15)11(9-10)14(16,17)18/h1,6-7,9H,3-5,8H2,(H,19,20). The zero-order valence-corrected chi connectivity index (χ0v) is 10.6. The fourth-order valence-corrected chi connectivity index (χ4v) is 1.54. The van der Waals surface area contributed by atoms with Crippen molar-refractivity contribution in [3.05, 3.63) is 35.1 Å². The van der Waals surface area contributed by atoms with Gasteiger partial charge in [0.25, 0.3) is 5.91 Å². The minimum absolute atomic E-state index is 0.226. The van der Waals surface area contributed by atoms with Crippen molar-refractivity contribution < 1.29 is 22.4 Å². The molecule has 0 bridgehead atoms. The van der Waals surface area contributed by atoms with E-state index < -0.39 is 23.5 Å². The molecule has 0 unspecified atom stereocenters. The number of nitrogens with one attached hydrogen (secondary N) is 1. The van der Waals surface area contributed by atoms with Gasteiger partial charge in [-0.25, -0.2) is 4.39 Å². The van der Waals surface area contributed by atoms with E-state index in [0.717, 1.165) is 6.07 Å². The molecule has 108 valence electrons.